The average Bonchev–Trinajstić information content (AvgIpc) is 3.03. The van der Waals surface area contributed by atoms with Gasteiger partial charge in [-0.05, 0) is 80.8 Å². The van der Waals surface area contributed by atoms with Gasteiger partial charge in [0.1, 0.15) is 0 Å². The fraction of sp³-hybridized carbons (Fsp3) is 0.381. The Labute approximate surface area is 275 Å². The van der Waals surface area contributed by atoms with E-state index in [4.69, 9.17) is 4.43 Å². The second-order valence-electron chi connectivity index (χ2n) is 13.6. The smallest absolute Gasteiger partial charge is 0.261 e. The van der Waals surface area contributed by atoms with Crippen LogP contribution in [-0.2, 0) is 4.43 Å². The molecule has 2 nitrogen and oxygen atoms in total. The van der Waals surface area contributed by atoms with Crippen molar-refractivity contribution in [3.05, 3.63) is 143 Å². The second-order valence-corrected chi connectivity index (χ2v) is 17.9. The summed E-state index contributed by atoms with van der Waals surface area (Å²) in [6.07, 6.45) is 14.4. The Hall–Kier alpha value is -3.24. The summed E-state index contributed by atoms with van der Waals surface area (Å²) in [6, 6.07) is 32.6. The molecular formula is C42H56O2Si. The van der Waals surface area contributed by atoms with Crippen LogP contribution in [0.15, 0.2) is 138 Å². The largest absolute Gasteiger partial charge is 0.404 e. The Balaban J connectivity index is 1.68. The lowest BCUT2D eigenvalue weighted by Gasteiger charge is -2.42. The van der Waals surface area contributed by atoms with Gasteiger partial charge in [0.25, 0.3) is 8.32 Å². The first-order valence-corrected chi connectivity index (χ1v) is 18.5. The molecule has 0 aliphatic heterocycles. The summed E-state index contributed by atoms with van der Waals surface area (Å²) >= 11 is 0. The average molecular weight is 621 g/mol. The number of rotatable bonds is 16. The van der Waals surface area contributed by atoms with Crippen molar-refractivity contribution < 1.29 is 9.53 Å². The van der Waals surface area contributed by atoms with E-state index in [0.717, 1.165) is 37.7 Å². The van der Waals surface area contributed by atoms with E-state index in [0.29, 0.717) is 12.5 Å². The second kappa shape index (κ2) is 18.0. The number of allylic oxidation sites excluding steroid dienone is 6. The third kappa shape index (κ3) is 11.0. The van der Waals surface area contributed by atoms with Crippen LogP contribution in [0.5, 0.6) is 0 Å². The van der Waals surface area contributed by atoms with Crippen LogP contribution in [0.2, 0.25) is 5.04 Å². The molecule has 1 unspecified atom stereocenters. The molecular weight excluding hydrogens is 565 g/mol. The molecule has 0 spiro atoms. The van der Waals surface area contributed by atoms with Gasteiger partial charge in [-0.1, -0.05) is 158 Å². The van der Waals surface area contributed by atoms with Crippen LogP contribution in [0, 0.1) is 0 Å². The van der Waals surface area contributed by atoms with Crippen LogP contribution in [0.3, 0.4) is 0 Å². The first-order chi connectivity index (χ1) is 21.6. The molecule has 0 heterocycles. The molecule has 0 radical (unpaired) electrons. The fourth-order valence-electron chi connectivity index (χ4n) is 6.16. The Bertz CT molecular complexity index is 1370. The van der Waals surface area contributed by atoms with Crippen molar-refractivity contribution in [2.45, 2.75) is 91.5 Å². The molecule has 0 amide bonds. The van der Waals surface area contributed by atoms with E-state index in [1.165, 1.54) is 32.7 Å². The van der Waals surface area contributed by atoms with Crippen LogP contribution < -0.4 is 10.4 Å². The zero-order chi connectivity index (χ0) is 32.7. The van der Waals surface area contributed by atoms with Crippen LogP contribution in [0.1, 0.15) is 92.1 Å². The van der Waals surface area contributed by atoms with Crippen molar-refractivity contribution >= 4 is 18.7 Å². The molecule has 1 atom stereocenters. The highest BCUT2D eigenvalue weighted by atomic mass is 28.4. The quantitative estimate of drug-likeness (QED) is 0.128. The summed E-state index contributed by atoms with van der Waals surface area (Å²) in [5, 5.41) is 11.9. The van der Waals surface area contributed by atoms with Crippen molar-refractivity contribution in [2.24, 2.45) is 0 Å². The lowest BCUT2D eigenvalue weighted by molar-refractivity contribution is 0.331. The molecule has 3 aromatic carbocycles. The molecule has 0 fully saturated rings. The molecule has 3 aromatic rings. The number of hydrogen-bond donors (Lipinski definition) is 1. The molecule has 1 N–H and O–H groups in total. The van der Waals surface area contributed by atoms with Crippen molar-refractivity contribution in [3.63, 3.8) is 0 Å². The maximum Gasteiger partial charge on any atom is 0.261 e. The van der Waals surface area contributed by atoms with E-state index in [1.54, 1.807) is 0 Å². The normalized spacial score (nSPS) is 14.5. The third-order valence-electron chi connectivity index (χ3n) is 8.72. The summed E-state index contributed by atoms with van der Waals surface area (Å²) < 4.78 is 7.07. The highest BCUT2D eigenvalue weighted by Gasteiger charge is 2.49. The van der Waals surface area contributed by atoms with Gasteiger partial charge in [0, 0.05) is 5.92 Å². The predicted octanol–water partition coefficient (Wildman–Crippen LogP) is 10.1. The maximum absolute atomic E-state index is 9.29. The highest BCUT2D eigenvalue weighted by Crippen LogP contribution is 2.37. The Kier molecular flexibility index (Phi) is 14.5. The molecule has 3 heteroatoms. The van der Waals surface area contributed by atoms with Crippen LogP contribution in [-0.4, -0.2) is 26.6 Å². The molecule has 45 heavy (non-hydrogen) atoms. The van der Waals surface area contributed by atoms with E-state index in [9.17, 15) is 5.11 Å². The zero-order valence-corrected chi connectivity index (χ0v) is 29.9. The molecule has 0 saturated carbocycles. The molecule has 3 rings (SSSR count). The lowest BCUT2D eigenvalue weighted by Crippen LogP contribution is -2.66. The first-order valence-electron chi connectivity index (χ1n) is 16.6. The molecule has 0 aromatic heterocycles. The zero-order valence-electron chi connectivity index (χ0n) is 28.9. The Morgan fingerprint density at radius 1 is 0.667 bits per heavy atom. The number of hydrogen-bond acceptors (Lipinski definition) is 2. The van der Waals surface area contributed by atoms with E-state index in [1.807, 2.05) is 6.92 Å². The summed E-state index contributed by atoms with van der Waals surface area (Å²) in [7, 11) is -2.52. The van der Waals surface area contributed by atoms with Gasteiger partial charge in [0.2, 0.25) is 0 Å². The number of aliphatic hydroxyl groups is 1. The van der Waals surface area contributed by atoms with Crippen LogP contribution in [0.4, 0.5) is 0 Å². The van der Waals surface area contributed by atoms with Gasteiger partial charge in [-0.15, -0.1) is 0 Å². The Morgan fingerprint density at radius 2 is 1.16 bits per heavy atom. The molecule has 240 valence electrons. The standard InChI is InChI=1S/C42H56O2Si/c1-34(29-30-44-45(42(5,6)7,40-25-13-9-14-26-40)41-27-15-10-16-28-41)19-17-20-35(2)31-39(38-23-11-8-12-24-38)32-36(3)21-18-22-37(4)33-43/h8-16,20,22-29,32,39,43H,17-19,21,30-31,33H2,1-7H3/b34-29-,35-20-,36-32-,37-22-. The van der Waals surface area contributed by atoms with Crippen molar-refractivity contribution in [1.29, 1.82) is 0 Å². The maximum atomic E-state index is 9.29. The first kappa shape index (κ1) is 36.2. The van der Waals surface area contributed by atoms with Crippen molar-refractivity contribution in [2.75, 3.05) is 13.2 Å². The third-order valence-corrected chi connectivity index (χ3v) is 13.7. The van der Waals surface area contributed by atoms with Crippen molar-refractivity contribution in [1.82, 2.24) is 0 Å². The fourth-order valence-corrected chi connectivity index (χ4v) is 10.6. The van der Waals surface area contributed by atoms with Crippen LogP contribution >= 0.6 is 0 Å². The number of aliphatic hydroxyl groups excluding tert-OH is 1. The van der Waals surface area contributed by atoms with Gasteiger partial charge in [-0.2, -0.15) is 0 Å². The minimum atomic E-state index is -2.52. The van der Waals surface area contributed by atoms with Crippen LogP contribution in [0.25, 0.3) is 0 Å². The van der Waals surface area contributed by atoms with Gasteiger partial charge in [-0.25, -0.2) is 0 Å². The SMILES string of the molecule is C/C(=C/CC/C(C)=C\C(C/C(C)=C\CC/C(C)=C\CO[Si](c1ccccc1)(c1ccccc1)C(C)(C)C)c1ccccc1)CO. The van der Waals surface area contributed by atoms with Gasteiger partial charge in [0.15, 0.2) is 0 Å². The molecule has 0 bridgehead atoms. The summed E-state index contributed by atoms with van der Waals surface area (Å²) in [5.74, 6) is 0.363. The number of benzene rings is 3. The van der Waals surface area contributed by atoms with Gasteiger partial charge >= 0.3 is 0 Å². The summed E-state index contributed by atoms with van der Waals surface area (Å²) in [5.41, 5.74) is 6.61. The molecule has 0 aliphatic carbocycles. The summed E-state index contributed by atoms with van der Waals surface area (Å²) in [4.78, 5) is 0. The lowest BCUT2D eigenvalue weighted by atomic mass is 9.89. The van der Waals surface area contributed by atoms with E-state index in [2.05, 4.69) is 157 Å². The minimum Gasteiger partial charge on any atom is -0.404 e. The molecule has 0 aliphatic rings. The predicted molar refractivity (Wildman–Crippen MR) is 198 cm³/mol. The topological polar surface area (TPSA) is 29.5 Å². The van der Waals surface area contributed by atoms with Crippen molar-refractivity contribution in [3.8, 4) is 0 Å². The van der Waals surface area contributed by atoms with E-state index < -0.39 is 8.32 Å². The van der Waals surface area contributed by atoms with Gasteiger partial charge in [-0.3, -0.25) is 0 Å². The van der Waals surface area contributed by atoms with E-state index >= 15 is 0 Å². The molecule has 0 saturated heterocycles. The highest BCUT2D eigenvalue weighted by molar-refractivity contribution is 6.99. The van der Waals surface area contributed by atoms with Gasteiger partial charge in [0.05, 0.1) is 13.2 Å². The van der Waals surface area contributed by atoms with Gasteiger partial charge < -0.3 is 9.53 Å². The Morgan fingerprint density at radius 3 is 1.67 bits per heavy atom. The monoisotopic (exact) mass is 620 g/mol. The minimum absolute atomic E-state index is 0.0194. The van der Waals surface area contributed by atoms with E-state index in [-0.39, 0.29) is 11.6 Å². The summed E-state index contributed by atoms with van der Waals surface area (Å²) in [6.45, 7) is 16.5.